The van der Waals surface area contributed by atoms with Crippen molar-refractivity contribution >= 4 is 16.9 Å². The number of amides is 1. The number of methoxy groups -OCH3 is 1. The van der Waals surface area contributed by atoms with E-state index in [1.807, 2.05) is 68.0 Å². The maximum Gasteiger partial charge on any atom is 0.242 e. The lowest BCUT2D eigenvalue weighted by Crippen LogP contribution is -2.30. The summed E-state index contributed by atoms with van der Waals surface area (Å²) >= 11 is 0. The van der Waals surface area contributed by atoms with E-state index >= 15 is 0 Å². The van der Waals surface area contributed by atoms with Gasteiger partial charge in [-0.05, 0) is 56.2 Å². The van der Waals surface area contributed by atoms with Gasteiger partial charge in [0.2, 0.25) is 5.91 Å². The minimum atomic E-state index is -0.189. The SMILES string of the molecule is CCn1ccc(C(C)NC(=O)Cn2nc(C)c3c(-c4ccc(OC)cc4)ccnc32)n1. The van der Waals surface area contributed by atoms with E-state index in [4.69, 9.17) is 4.74 Å². The number of hydrogen-bond donors (Lipinski definition) is 1. The van der Waals surface area contributed by atoms with Gasteiger partial charge in [0.25, 0.3) is 0 Å². The molecule has 0 aliphatic rings. The van der Waals surface area contributed by atoms with Crippen molar-refractivity contribution in [2.75, 3.05) is 7.11 Å². The van der Waals surface area contributed by atoms with Crippen LogP contribution in [0.2, 0.25) is 0 Å². The number of ether oxygens (including phenoxy) is 1. The number of fused-ring (bicyclic) bond motifs is 1. The van der Waals surface area contributed by atoms with Gasteiger partial charge in [0, 0.05) is 24.3 Å². The molecule has 3 aromatic heterocycles. The quantitative estimate of drug-likeness (QED) is 0.496. The molecule has 0 fully saturated rings. The zero-order valence-corrected chi connectivity index (χ0v) is 18.2. The van der Waals surface area contributed by atoms with Crippen molar-refractivity contribution in [3.8, 4) is 16.9 Å². The number of nitrogens with one attached hydrogen (secondary N) is 1. The second-order valence-electron chi connectivity index (χ2n) is 7.41. The molecule has 0 spiro atoms. The third kappa shape index (κ3) is 4.14. The summed E-state index contributed by atoms with van der Waals surface area (Å²) in [5.41, 5.74) is 4.41. The number of aryl methyl sites for hydroxylation is 2. The summed E-state index contributed by atoms with van der Waals surface area (Å²) in [6.07, 6.45) is 3.66. The van der Waals surface area contributed by atoms with Crippen molar-refractivity contribution in [3.63, 3.8) is 0 Å². The molecule has 1 aromatic carbocycles. The fourth-order valence-electron chi connectivity index (χ4n) is 3.68. The molecule has 31 heavy (non-hydrogen) atoms. The van der Waals surface area contributed by atoms with Crippen molar-refractivity contribution in [2.45, 2.75) is 39.9 Å². The van der Waals surface area contributed by atoms with E-state index in [1.165, 1.54) is 0 Å². The van der Waals surface area contributed by atoms with E-state index < -0.39 is 0 Å². The minimum Gasteiger partial charge on any atom is -0.497 e. The van der Waals surface area contributed by atoms with Gasteiger partial charge in [0.15, 0.2) is 5.65 Å². The summed E-state index contributed by atoms with van der Waals surface area (Å²) in [7, 11) is 1.65. The Labute approximate surface area is 180 Å². The van der Waals surface area contributed by atoms with Crippen LogP contribution in [0.25, 0.3) is 22.2 Å². The van der Waals surface area contributed by atoms with E-state index in [9.17, 15) is 4.79 Å². The fraction of sp³-hybridized carbons (Fsp3) is 0.304. The van der Waals surface area contributed by atoms with Crippen molar-refractivity contribution in [1.82, 2.24) is 29.9 Å². The monoisotopic (exact) mass is 418 g/mol. The number of carbonyl (C=O) groups is 1. The Morgan fingerprint density at radius 3 is 2.61 bits per heavy atom. The van der Waals surface area contributed by atoms with Gasteiger partial charge in [-0.15, -0.1) is 0 Å². The number of hydrogen-bond acceptors (Lipinski definition) is 5. The lowest BCUT2D eigenvalue weighted by Gasteiger charge is -2.12. The van der Waals surface area contributed by atoms with Gasteiger partial charge in [0.1, 0.15) is 12.3 Å². The molecule has 0 saturated carbocycles. The molecule has 0 bridgehead atoms. The van der Waals surface area contributed by atoms with E-state index in [2.05, 4.69) is 20.5 Å². The van der Waals surface area contributed by atoms with Crippen LogP contribution in [0.3, 0.4) is 0 Å². The number of pyridine rings is 1. The van der Waals surface area contributed by atoms with E-state index in [1.54, 1.807) is 18.0 Å². The highest BCUT2D eigenvalue weighted by atomic mass is 16.5. The van der Waals surface area contributed by atoms with Gasteiger partial charge in [0.05, 0.1) is 24.5 Å². The van der Waals surface area contributed by atoms with E-state index in [0.29, 0.717) is 5.65 Å². The highest BCUT2D eigenvalue weighted by Crippen LogP contribution is 2.30. The standard InChI is InChI=1S/C23H26N6O2/c1-5-28-13-11-20(27-28)15(2)25-21(30)14-29-23-22(16(3)26-29)19(10-12-24-23)17-6-8-18(31-4)9-7-17/h6-13,15H,5,14H2,1-4H3,(H,25,30). The van der Waals surface area contributed by atoms with Crippen LogP contribution < -0.4 is 10.1 Å². The average molecular weight is 419 g/mol. The van der Waals surface area contributed by atoms with Crippen LogP contribution in [0.1, 0.15) is 31.3 Å². The number of benzene rings is 1. The van der Waals surface area contributed by atoms with Gasteiger partial charge in [-0.1, -0.05) is 12.1 Å². The number of nitrogens with zero attached hydrogens (tertiary/aromatic N) is 5. The first-order valence-corrected chi connectivity index (χ1v) is 10.3. The molecule has 4 rings (SSSR count). The Bertz CT molecular complexity index is 1210. The van der Waals surface area contributed by atoms with E-state index in [-0.39, 0.29) is 18.5 Å². The third-order valence-electron chi connectivity index (χ3n) is 5.31. The highest BCUT2D eigenvalue weighted by molar-refractivity contribution is 5.95. The molecule has 1 amide bonds. The molecular weight excluding hydrogens is 392 g/mol. The Hall–Kier alpha value is -3.68. The van der Waals surface area contributed by atoms with Gasteiger partial charge in [-0.3, -0.25) is 9.48 Å². The molecule has 8 heteroatoms. The van der Waals surface area contributed by atoms with Crippen molar-refractivity contribution < 1.29 is 9.53 Å². The molecule has 0 saturated heterocycles. The van der Waals surface area contributed by atoms with Crippen molar-refractivity contribution in [1.29, 1.82) is 0 Å². The Kier molecular flexibility index (Phi) is 5.70. The summed E-state index contributed by atoms with van der Waals surface area (Å²) in [6.45, 7) is 6.76. The zero-order valence-electron chi connectivity index (χ0n) is 18.2. The molecule has 3 heterocycles. The Morgan fingerprint density at radius 1 is 1.16 bits per heavy atom. The van der Waals surface area contributed by atoms with Crippen LogP contribution in [-0.4, -0.2) is 37.6 Å². The first-order chi connectivity index (χ1) is 15.0. The summed E-state index contributed by atoms with van der Waals surface area (Å²) < 4.78 is 8.75. The molecule has 0 radical (unpaired) electrons. The van der Waals surface area contributed by atoms with Crippen molar-refractivity contribution in [3.05, 3.63) is 60.2 Å². The first kappa shape index (κ1) is 20.6. The fourth-order valence-corrected chi connectivity index (χ4v) is 3.68. The molecule has 4 aromatic rings. The predicted octanol–water partition coefficient (Wildman–Crippen LogP) is 3.51. The summed E-state index contributed by atoms with van der Waals surface area (Å²) in [5.74, 6) is 0.663. The number of rotatable bonds is 7. The zero-order chi connectivity index (χ0) is 22.0. The molecule has 1 atom stereocenters. The summed E-state index contributed by atoms with van der Waals surface area (Å²) in [4.78, 5) is 17.2. The molecule has 1 N–H and O–H groups in total. The van der Waals surface area contributed by atoms with Gasteiger partial charge in [-0.25, -0.2) is 9.67 Å². The second-order valence-corrected chi connectivity index (χ2v) is 7.41. The van der Waals surface area contributed by atoms with Crippen LogP contribution in [0.15, 0.2) is 48.8 Å². The smallest absolute Gasteiger partial charge is 0.242 e. The van der Waals surface area contributed by atoms with Crippen LogP contribution in [0, 0.1) is 6.92 Å². The van der Waals surface area contributed by atoms with Crippen LogP contribution >= 0.6 is 0 Å². The molecule has 0 aliphatic carbocycles. The van der Waals surface area contributed by atoms with Crippen LogP contribution in [-0.2, 0) is 17.9 Å². The maximum absolute atomic E-state index is 12.7. The lowest BCUT2D eigenvalue weighted by atomic mass is 10.0. The topological polar surface area (TPSA) is 86.9 Å². The normalized spacial score (nSPS) is 12.1. The number of aromatic nitrogens is 5. The Morgan fingerprint density at radius 2 is 1.94 bits per heavy atom. The van der Waals surface area contributed by atoms with Gasteiger partial charge >= 0.3 is 0 Å². The average Bonchev–Trinajstić information content (AvgIpc) is 3.39. The lowest BCUT2D eigenvalue weighted by molar-refractivity contribution is -0.122. The van der Waals surface area contributed by atoms with Crippen LogP contribution in [0.5, 0.6) is 5.75 Å². The summed E-state index contributed by atoms with van der Waals surface area (Å²) in [6, 6.07) is 11.6. The van der Waals surface area contributed by atoms with Crippen LogP contribution in [0.4, 0.5) is 0 Å². The third-order valence-corrected chi connectivity index (χ3v) is 5.31. The maximum atomic E-state index is 12.7. The van der Waals surface area contributed by atoms with Crippen molar-refractivity contribution in [2.24, 2.45) is 0 Å². The van der Waals surface area contributed by atoms with Gasteiger partial charge < -0.3 is 10.1 Å². The molecule has 1 unspecified atom stereocenters. The minimum absolute atomic E-state index is 0.0855. The predicted molar refractivity (Wildman–Crippen MR) is 119 cm³/mol. The molecular formula is C23H26N6O2. The Balaban J connectivity index is 1.57. The van der Waals surface area contributed by atoms with Gasteiger partial charge in [-0.2, -0.15) is 10.2 Å². The van der Waals surface area contributed by atoms with E-state index in [0.717, 1.165) is 40.2 Å². The molecule has 160 valence electrons. The largest absolute Gasteiger partial charge is 0.497 e. The molecule has 8 nitrogen and oxygen atoms in total. The summed E-state index contributed by atoms with van der Waals surface area (Å²) in [5, 5.41) is 13.0. The second kappa shape index (κ2) is 8.59. The molecule has 0 aliphatic heterocycles. The number of carbonyl (C=O) groups excluding carboxylic acids is 1. The first-order valence-electron chi connectivity index (χ1n) is 10.3. The highest BCUT2D eigenvalue weighted by Gasteiger charge is 2.18.